The Morgan fingerprint density at radius 1 is 1.08 bits per heavy atom. The van der Waals surface area contributed by atoms with Crippen LogP contribution >= 0.6 is 0 Å². The number of hydrogen-bond donors (Lipinski definition) is 1. The van der Waals surface area contributed by atoms with Gasteiger partial charge in [-0.2, -0.15) is 13.2 Å². The van der Waals surface area contributed by atoms with Gasteiger partial charge in [0.25, 0.3) is 11.5 Å². The molecule has 0 radical (unpaired) electrons. The van der Waals surface area contributed by atoms with Crippen LogP contribution in [0.4, 0.5) is 24.5 Å². The summed E-state index contributed by atoms with van der Waals surface area (Å²) in [6.45, 7) is 4.19. The van der Waals surface area contributed by atoms with E-state index in [1.807, 2.05) is 17.9 Å². The van der Waals surface area contributed by atoms with Crippen LogP contribution in [-0.2, 0) is 18.0 Å². The van der Waals surface area contributed by atoms with Crippen LogP contribution in [0.3, 0.4) is 0 Å². The zero-order valence-electron chi connectivity index (χ0n) is 20.1. The molecule has 0 bridgehead atoms. The van der Waals surface area contributed by atoms with E-state index in [1.165, 1.54) is 10.6 Å². The fourth-order valence-corrected chi connectivity index (χ4v) is 4.16. The number of nitrogens with zero attached hydrogens (tertiary/aromatic N) is 2. The van der Waals surface area contributed by atoms with Gasteiger partial charge in [0.05, 0.1) is 25.9 Å². The highest BCUT2D eigenvalue weighted by molar-refractivity contribution is 6.04. The lowest BCUT2D eigenvalue weighted by atomic mass is 10.0. The Bertz CT molecular complexity index is 1350. The lowest BCUT2D eigenvalue weighted by molar-refractivity contribution is -0.138. The molecule has 1 N–H and O–H groups in total. The van der Waals surface area contributed by atoms with Gasteiger partial charge in [-0.05, 0) is 54.4 Å². The second-order valence-corrected chi connectivity index (χ2v) is 8.53. The minimum Gasteiger partial charge on any atom is -0.496 e. The molecule has 4 rings (SSSR count). The third-order valence-electron chi connectivity index (χ3n) is 6.09. The number of morpholine rings is 1. The third kappa shape index (κ3) is 5.23. The Kier molecular flexibility index (Phi) is 7.07. The SMILES string of the molecule is COc1ccc(C(=O)Nc2ccc(C)c(-c3cc(N4CCOCC4)c(=O)n(C)c3)c2)cc1C(F)(F)F. The van der Waals surface area contributed by atoms with Crippen molar-refractivity contribution >= 4 is 17.3 Å². The highest BCUT2D eigenvalue weighted by Crippen LogP contribution is 2.37. The first-order chi connectivity index (χ1) is 17.1. The number of aryl methyl sites for hydroxylation is 2. The summed E-state index contributed by atoms with van der Waals surface area (Å²) in [5.74, 6) is -1.05. The number of pyridine rings is 1. The Hall–Kier alpha value is -3.79. The number of anilines is 2. The van der Waals surface area contributed by atoms with Crippen LogP contribution in [0, 0.1) is 6.92 Å². The first kappa shape index (κ1) is 25.3. The van der Waals surface area contributed by atoms with Gasteiger partial charge < -0.3 is 24.3 Å². The average molecular weight is 502 g/mol. The van der Waals surface area contributed by atoms with E-state index in [1.54, 1.807) is 31.4 Å². The number of alkyl halides is 3. The fraction of sp³-hybridized carbons (Fsp3) is 0.308. The topological polar surface area (TPSA) is 72.8 Å². The summed E-state index contributed by atoms with van der Waals surface area (Å²) in [5, 5.41) is 2.67. The molecule has 2 aromatic carbocycles. The van der Waals surface area contributed by atoms with Crippen molar-refractivity contribution in [2.45, 2.75) is 13.1 Å². The Labute approximate surface area is 206 Å². The molecule has 1 fully saturated rings. The molecule has 36 heavy (non-hydrogen) atoms. The van der Waals surface area contributed by atoms with Crippen molar-refractivity contribution in [1.29, 1.82) is 0 Å². The number of benzene rings is 2. The van der Waals surface area contributed by atoms with Crippen LogP contribution in [0.1, 0.15) is 21.5 Å². The number of methoxy groups -OCH3 is 1. The maximum absolute atomic E-state index is 13.4. The smallest absolute Gasteiger partial charge is 0.419 e. The van der Waals surface area contributed by atoms with Crippen molar-refractivity contribution in [3.8, 4) is 16.9 Å². The lowest BCUT2D eigenvalue weighted by Gasteiger charge is -2.29. The molecular weight excluding hydrogens is 475 g/mol. The van der Waals surface area contributed by atoms with Crippen LogP contribution in [0.5, 0.6) is 5.75 Å². The monoisotopic (exact) mass is 501 g/mol. The van der Waals surface area contributed by atoms with E-state index in [0.717, 1.165) is 35.9 Å². The third-order valence-corrected chi connectivity index (χ3v) is 6.09. The number of aromatic nitrogens is 1. The standard InChI is InChI=1S/C26H26F3N3O4/c1-16-4-6-19(30-24(33)17-5-7-23(35-3)21(12-17)26(27,28)29)14-20(16)18-13-22(25(34)31(2)15-18)32-8-10-36-11-9-32/h4-7,12-15H,8-11H2,1-3H3,(H,30,33). The number of rotatable bonds is 5. The summed E-state index contributed by atoms with van der Waals surface area (Å²) in [6.07, 6.45) is -2.95. The van der Waals surface area contributed by atoms with Crippen molar-refractivity contribution in [1.82, 2.24) is 4.57 Å². The van der Waals surface area contributed by atoms with E-state index in [0.29, 0.717) is 37.7 Å². The average Bonchev–Trinajstić information content (AvgIpc) is 2.86. The van der Waals surface area contributed by atoms with Gasteiger partial charge in [-0.3, -0.25) is 9.59 Å². The van der Waals surface area contributed by atoms with Gasteiger partial charge in [-0.15, -0.1) is 0 Å². The molecule has 0 aliphatic carbocycles. The minimum atomic E-state index is -4.67. The molecule has 1 aromatic heterocycles. The lowest BCUT2D eigenvalue weighted by Crippen LogP contribution is -2.40. The first-order valence-electron chi connectivity index (χ1n) is 11.3. The van der Waals surface area contributed by atoms with E-state index in [-0.39, 0.29) is 16.9 Å². The molecule has 0 saturated carbocycles. The van der Waals surface area contributed by atoms with Gasteiger partial charge in [0.2, 0.25) is 0 Å². The fourth-order valence-electron chi connectivity index (χ4n) is 4.16. The van der Waals surface area contributed by atoms with Crippen molar-refractivity contribution in [3.05, 3.63) is 75.7 Å². The molecule has 0 unspecified atom stereocenters. The van der Waals surface area contributed by atoms with Crippen LogP contribution in [0.25, 0.3) is 11.1 Å². The molecule has 1 aliphatic rings. The summed E-state index contributed by atoms with van der Waals surface area (Å²) in [4.78, 5) is 27.6. The number of hydrogen-bond acceptors (Lipinski definition) is 5. The number of amides is 1. The summed E-state index contributed by atoms with van der Waals surface area (Å²) in [6, 6.07) is 10.2. The van der Waals surface area contributed by atoms with Crippen LogP contribution in [-0.4, -0.2) is 43.9 Å². The number of nitrogens with one attached hydrogen (secondary N) is 1. The minimum absolute atomic E-state index is 0.122. The van der Waals surface area contributed by atoms with Crippen LogP contribution < -0.4 is 20.5 Å². The number of ether oxygens (including phenoxy) is 2. The van der Waals surface area contributed by atoms with E-state index < -0.39 is 17.6 Å². The molecule has 1 amide bonds. The number of carbonyl (C=O) groups excluding carboxylic acids is 1. The van der Waals surface area contributed by atoms with Gasteiger partial charge >= 0.3 is 6.18 Å². The van der Waals surface area contributed by atoms with E-state index >= 15 is 0 Å². The predicted molar refractivity (Wildman–Crippen MR) is 131 cm³/mol. The van der Waals surface area contributed by atoms with Gasteiger partial charge in [0.15, 0.2) is 0 Å². The number of halogens is 3. The van der Waals surface area contributed by atoms with E-state index in [9.17, 15) is 22.8 Å². The molecule has 0 spiro atoms. The zero-order chi connectivity index (χ0) is 26.0. The quantitative estimate of drug-likeness (QED) is 0.558. The highest BCUT2D eigenvalue weighted by Gasteiger charge is 2.35. The van der Waals surface area contributed by atoms with Gasteiger partial charge in [0.1, 0.15) is 11.4 Å². The van der Waals surface area contributed by atoms with Crippen LogP contribution in [0.2, 0.25) is 0 Å². The summed E-state index contributed by atoms with van der Waals surface area (Å²) >= 11 is 0. The van der Waals surface area contributed by atoms with Gasteiger partial charge in [0, 0.05) is 43.1 Å². The highest BCUT2D eigenvalue weighted by atomic mass is 19.4. The molecule has 1 aliphatic heterocycles. The Balaban J connectivity index is 1.66. The van der Waals surface area contributed by atoms with E-state index in [2.05, 4.69) is 5.32 Å². The molecule has 2 heterocycles. The first-order valence-corrected chi connectivity index (χ1v) is 11.3. The van der Waals surface area contributed by atoms with Crippen molar-refractivity contribution in [3.63, 3.8) is 0 Å². The summed E-state index contributed by atoms with van der Waals surface area (Å²) in [5.41, 5.74) is 2.13. The molecular formula is C26H26F3N3O4. The molecule has 7 nitrogen and oxygen atoms in total. The van der Waals surface area contributed by atoms with Crippen molar-refractivity contribution < 1.29 is 27.4 Å². The maximum atomic E-state index is 13.4. The number of carbonyl (C=O) groups is 1. The van der Waals surface area contributed by atoms with Crippen LogP contribution in [0.15, 0.2) is 53.5 Å². The largest absolute Gasteiger partial charge is 0.496 e. The molecule has 10 heteroatoms. The molecule has 1 saturated heterocycles. The predicted octanol–water partition coefficient (Wildman–Crippen LogP) is 4.48. The normalized spacial score (nSPS) is 14.0. The van der Waals surface area contributed by atoms with Crippen molar-refractivity contribution in [2.75, 3.05) is 43.6 Å². The Morgan fingerprint density at radius 2 is 1.81 bits per heavy atom. The van der Waals surface area contributed by atoms with Crippen molar-refractivity contribution in [2.24, 2.45) is 7.05 Å². The van der Waals surface area contributed by atoms with Gasteiger partial charge in [-0.1, -0.05) is 6.07 Å². The molecule has 3 aromatic rings. The zero-order valence-corrected chi connectivity index (χ0v) is 20.1. The van der Waals surface area contributed by atoms with E-state index in [4.69, 9.17) is 9.47 Å². The maximum Gasteiger partial charge on any atom is 0.419 e. The molecule has 0 atom stereocenters. The molecule has 190 valence electrons. The summed E-state index contributed by atoms with van der Waals surface area (Å²) in [7, 11) is 2.82. The Morgan fingerprint density at radius 3 is 2.47 bits per heavy atom. The van der Waals surface area contributed by atoms with Gasteiger partial charge in [-0.25, -0.2) is 0 Å². The summed E-state index contributed by atoms with van der Waals surface area (Å²) < 4.78 is 51.8. The second-order valence-electron chi connectivity index (χ2n) is 8.53. The second kappa shape index (κ2) is 10.1.